The summed E-state index contributed by atoms with van der Waals surface area (Å²) in [6.45, 7) is 4.11. The molecule has 4 nitrogen and oxygen atoms in total. The lowest BCUT2D eigenvalue weighted by molar-refractivity contribution is -0.0729. The Bertz CT molecular complexity index is 352. The van der Waals surface area contributed by atoms with Gasteiger partial charge in [-0.1, -0.05) is 0 Å². The number of halogens is 1. The minimum atomic E-state index is 0.143. The minimum Gasteiger partial charge on any atom is -0.474 e. The molecular formula is C11H15ClN2O2. The highest BCUT2D eigenvalue weighted by Crippen LogP contribution is 2.23. The summed E-state index contributed by atoms with van der Waals surface area (Å²) in [6, 6.07) is 1.72. The van der Waals surface area contributed by atoms with Crippen molar-refractivity contribution < 1.29 is 9.47 Å². The molecule has 2 rings (SSSR count). The summed E-state index contributed by atoms with van der Waals surface area (Å²) in [5, 5.41) is 0.214. The van der Waals surface area contributed by atoms with Gasteiger partial charge in [-0.3, -0.25) is 0 Å². The molecule has 0 amide bonds. The highest BCUT2D eigenvalue weighted by molar-refractivity contribution is 6.28. The zero-order valence-electron chi connectivity index (χ0n) is 9.39. The predicted octanol–water partition coefficient (Wildman–Crippen LogP) is 2.46. The molecule has 2 atom stereocenters. The van der Waals surface area contributed by atoms with Crippen LogP contribution in [0.3, 0.4) is 0 Å². The molecule has 1 fully saturated rings. The maximum Gasteiger partial charge on any atom is 0.225 e. The van der Waals surface area contributed by atoms with Crippen LogP contribution in [0, 0.1) is 0 Å². The molecule has 16 heavy (non-hydrogen) atoms. The van der Waals surface area contributed by atoms with Crippen LogP contribution in [0.5, 0.6) is 5.88 Å². The summed E-state index contributed by atoms with van der Waals surface area (Å²) in [5.74, 6) is 0.534. The molecule has 5 heteroatoms. The molecule has 0 saturated carbocycles. The van der Waals surface area contributed by atoms with Gasteiger partial charge in [0.1, 0.15) is 6.10 Å². The Morgan fingerprint density at radius 2 is 2.06 bits per heavy atom. The highest BCUT2D eigenvalue weighted by atomic mass is 35.5. The first-order valence-corrected chi connectivity index (χ1v) is 5.82. The number of hydrogen-bond donors (Lipinski definition) is 0. The second-order valence-electron chi connectivity index (χ2n) is 4.13. The summed E-state index contributed by atoms with van der Waals surface area (Å²) >= 11 is 5.69. The summed E-state index contributed by atoms with van der Waals surface area (Å²) < 4.78 is 11.4. The van der Waals surface area contributed by atoms with Crippen LogP contribution in [0.25, 0.3) is 0 Å². The van der Waals surface area contributed by atoms with Gasteiger partial charge in [-0.25, -0.2) is 4.98 Å². The van der Waals surface area contributed by atoms with Crippen molar-refractivity contribution in [3.63, 3.8) is 0 Å². The van der Waals surface area contributed by atoms with Gasteiger partial charge in [0, 0.05) is 25.1 Å². The van der Waals surface area contributed by atoms with Crippen LogP contribution in [0.15, 0.2) is 12.3 Å². The lowest BCUT2D eigenvalue weighted by Gasteiger charge is -2.31. The van der Waals surface area contributed by atoms with E-state index in [0.29, 0.717) is 5.88 Å². The van der Waals surface area contributed by atoms with Gasteiger partial charge in [0.15, 0.2) is 0 Å². The van der Waals surface area contributed by atoms with Crippen LogP contribution in [-0.2, 0) is 4.74 Å². The summed E-state index contributed by atoms with van der Waals surface area (Å²) in [6.07, 6.45) is 3.95. The van der Waals surface area contributed by atoms with E-state index in [1.54, 1.807) is 12.3 Å². The number of ether oxygens (including phenoxy) is 2. The van der Waals surface area contributed by atoms with Gasteiger partial charge in [0.05, 0.1) is 12.2 Å². The number of hydrogen-bond acceptors (Lipinski definition) is 4. The van der Waals surface area contributed by atoms with Gasteiger partial charge in [-0.2, -0.15) is 4.98 Å². The van der Waals surface area contributed by atoms with Crippen molar-refractivity contribution in [3.05, 3.63) is 17.5 Å². The van der Waals surface area contributed by atoms with E-state index in [9.17, 15) is 0 Å². The van der Waals surface area contributed by atoms with Gasteiger partial charge < -0.3 is 9.47 Å². The average Bonchev–Trinajstić information content (AvgIpc) is 2.15. The van der Waals surface area contributed by atoms with E-state index in [1.807, 2.05) is 0 Å². The van der Waals surface area contributed by atoms with E-state index in [0.717, 1.165) is 12.8 Å². The number of rotatable bonds is 2. The molecule has 1 saturated heterocycles. The zero-order chi connectivity index (χ0) is 11.5. The van der Waals surface area contributed by atoms with Crippen LogP contribution in [0.4, 0.5) is 0 Å². The van der Waals surface area contributed by atoms with Crippen LogP contribution in [-0.4, -0.2) is 28.3 Å². The SMILES string of the molecule is CC1CC(Oc2ccnc(Cl)n2)CC(C)O1. The van der Waals surface area contributed by atoms with Crippen LogP contribution in [0.2, 0.25) is 5.28 Å². The van der Waals surface area contributed by atoms with Gasteiger partial charge >= 0.3 is 0 Å². The summed E-state index contributed by atoms with van der Waals surface area (Å²) in [4.78, 5) is 7.82. The molecule has 0 bridgehead atoms. The molecule has 1 aromatic heterocycles. The molecule has 1 aromatic rings. The monoisotopic (exact) mass is 242 g/mol. The average molecular weight is 243 g/mol. The van der Waals surface area contributed by atoms with E-state index in [1.165, 1.54) is 0 Å². The molecule has 0 aliphatic carbocycles. The molecule has 2 unspecified atom stereocenters. The van der Waals surface area contributed by atoms with E-state index in [2.05, 4.69) is 23.8 Å². The smallest absolute Gasteiger partial charge is 0.225 e. The van der Waals surface area contributed by atoms with Crippen molar-refractivity contribution in [1.82, 2.24) is 9.97 Å². The Labute approximate surface area is 99.9 Å². The Balaban J connectivity index is 1.98. The first kappa shape index (κ1) is 11.6. The van der Waals surface area contributed by atoms with Crippen molar-refractivity contribution >= 4 is 11.6 Å². The van der Waals surface area contributed by atoms with Crippen LogP contribution in [0.1, 0.15) is 26.7 Å². The van der Waals surface area contributed by atoms with Gasteiger partial charge in [-0.15, -0.1) is 0 Å². The molecular weight excluding hydrogens is 228 g/mol. The van der Waals surface area contributed by atoms with Crippen LogP contribution < -0.4 is 4.74 Å². The summed E-state index contributed by atoms with van der Waals surface area (Å²) in [5.41, 5.74) is 0. The number of nitrogens with zero attached hydrogens (tertiary/aromatic N) is 2. The van der Waals surface area contributed by atoms with Crippen LogP contribution >= 0.6 is 11.6 Å². The van der Waals surface area contributed by atoms with Crippen molar-refractivity contribution in [2.75, 3.05) is 0 Å². The zero-order valence-corrected chi connectivity index (χ0v) is 10.1. The standard InChI is InChI=1S/C11H15ClN2O2/c1-7-5-9(6-8(2)15-7)16-10-3-4-13-11(12)14-10/h3-4,7-9H,5-6H2,1-2H3. The van der Waals surface area contributed by atoms with E-state index in [4.69, 9.17) is 21.1 Å². The maximum absolute atomic E-state index is 5.76. The second-order valence-corrected chi connectivity index (χ2v) is 4.47. The Hall–Kier alpha value is -0.870. The minimum absolute atomic E-state index is 0.143. The first-order chi connectivity index (χ1) is 7.63. The Kier molecular flexibility index (Phi) is 3.61. The molecule has 1 aliphatic rings. The maximum atomic E-state index is 5.76. The first-order valence-electron chi connectivity index (χ1n) is 5.44. The Morgan fingerprint density at radius 3 is 2.69 bits per heavy atom. The van der Waals surface area contributed by atoms with Gasteiger partial charge in [0.2, 0.25) is 11.2 Å². The van der Waals surface area contributed by atoms with Crippen molar-refractivity contribution in [3.8, 4) is 5.88 Å². The molecule has 0 spiro atoms. The Morgan fingerprint density at radius 1 is 1.38 bits per heavy atom. The lowest BCUT2D eigenvalue weighted by atomic mass is 10.0. The third kappa shape index (κ3) is 3.06. The molecule has 1 aliphatic heterocycles. The molecule has 88 valence electrons. The third-order valence-electron chi connectivity index (χ3n) is 2.54. The largest absolute Gasteiger partial charge is 0.474 e. The molecule has 2 heterocycles. The summed E-state index contributed by atoms with van der Waals surface area (Å²) in [7, 11) is 0. The number of aromatic nitrogens is 2. The fourth-order valence-corrected chi connectivity index (χ4v) is 2.14. The molecule has 0 radical (unpaired) electrons. The van der Waals surface area contributed by atoms with Gasteiger partial charge in [0.25, 0.3) is 0 Å². The predicted molar refractivity (Wildman–Crippen MR) is 60.7 cm³/mol. The fourth-order valence-electron chi connectivity index (χ4n) is 2.00. The van der Waals surface area contributed by atoms with Crippen molar-refractivity contribution in [2.45, 2.75) is 45.0 Å². The highest BCUT2D eigenvalue weighted by Gasteiger charge is 2.26. The molecule has 0 aromatic carbocycles. The topological polar surface area (TPSA) is 44.2 Å². The second kappa shape index (κ2) is 4.97. The van der Waals surface area contributed by atoms with Crippen molar-refractivity contribution in [2.24, 2.45) is 0 Å². The van der Waals surface area contributed by atoms with E-state index < -0.39 is 0 Å². The van der Waals surface area contributed by atoms with Gasteiger partial charge in [-0.05, 0) is 25.4 Å². The van der Waals surface area contributed by atoms with E-state index >= 15 is 0 Å². The van der Waals surface area contributed by atoms with Crippen molar-refractivity contribution in [1.29, 1.82) is 0 Å². The third-order valence-corrected chi connectivity index (χ3v) is 2.72. The normalized spacial score (nSPS) is 30.1. The quantitative estimate of drug-likeness (QED) is 0.748. The fraction of sp³-hybridized carbons (Fsp3) is 0.636. The van der Waals surface area contributed by atoms with E-state index in [-0.39, 0.29) is 23.6 Å². The molecule has 0 N–H and O–H groups in total. The lowest BCUT2D eigenvalue weighted by Crippen LogP contribution is -2.35.